The fourth-order valence-corrected chi connectivity index (χ4v) is 4.82. The Morgan fingerprint density at radius 2 is 1.63 bits per heavy atom. The molecule has 0 bridgehead atoms. The van der Waals surface area contributed by atoms with E-state index in [1.54, 1.807) is 0 Å². The lowest BCUT2D eigenvalue weighted by atomic mass is 9.83. The lowest BCUT2D eigenvalue weighted by Gasteiger charge is -2.41. The molecule has 0 heterocycles. The molecular weight excluding hydrogens is 356 g/mol. The molecule has 1 aliphatic rings. The Bertz CT molecular complexity index is 461. The van der Waals surface area contributed by atoms with Crippen molar-refractivity contribution < 1.29 is 14.0 Å². The van der Waals surface area contributed by atoms with Gasteiger partial charge in [0.1, 0.15) is 5.60 Å². The van der Waals surface area contributed by atoms with E-state index in [0.717, 1.165) is 25.8 Å². The Morgan fingerprint density at radius 1 is 1.07 bits per heavy atom. The Morgan fingerprint density at radius 3 is 2.07 bits per heavy atom. The maximum Gasteiger partial charge on any atom is 0.407 e. The van der Waals surface area contributed by atoms with Crippen LogP contribution < -0.4 is 10.6 Å². The van der Waals surface area contributed by atoms with Crippen LogP contribution in [0.5, 0.6) is 0 Å². The number of rotatable bonds is 7. The number of carbonyl (C=O) groups excluding carboxylic acids is 1. The molecule has 0 radical (unpaired) electrons. The van der Waals surface area contributed by atoms with E-state index in [1.807, 2.05) is 27.8 Å². The van der Waals surface area contributed by atoms with Crippen LogP contribution in [-0.2, 0) is 9.16 Å². The van der Waals surface area contributed by atoms with Crippen molar-refractivity contribution in [2.75, 3.05) is 13.6 Å². The van der Waals surface area contributed by atoms with Gasteiger partial charge in [0.05, 0.1) is 0 Å². The smallest absolute Gasteiger partial charge is 0.407 e. The van der Waals surface area contributed by atoms with Gasteiger partial charge in [-0.05, 0) is 84.0 Å². The van der Waals surface area contributed by atoms with Crippen LogP contribution in [0.4, 0.5) is 4.79 Å². The SMILES string of the molecule is CNC[C@H](CC1CCC(O[Si](C)(C)C(C)(C)C)CC1)NC(=O)OC(C)(C)C. The molecule has 2 N–H and O–H groups in total. The van der Waals surface area contributed by atoms with Crippen molar-refractivity contribution in [1.29, 1.82) is 0 Å². The molecule has 0 unspecified atom stereocenters. The molecule has 1 aliphatic carbocycles. The number of hydrogen-bond acceptors (Lipinski definition) is 4. The van der Waals surface area contributed by atoms with Crippen LogP contribution in [0.15, 0.2) is 0 Å². The molecule has 0 aliphatic heterocycles. The highest BCUT2D eigenvalue weighted by Gasteiger charge is 2.40. The Labute approximate surface area is 168 Å². The fourth-order valence-electron chi connectivity index (χ4n) is 3.40. The highest BCUT2D eigenvalue weighted by Crippen LogP contribution is 2.40. The summed E-state index contributed by atoms with van der Waals surface area (Å²) in [5.74, 6) is 0.637. The summed E-state index contributed by atoms with van der Waals surface area (Å²) in [6.45, 7) is 18.0. The third-order valence-electron chi connectivity index (χ3n) is 5.85. The summed E-state index contributed by atoms with van der Waals surface area (Å²) in [6.07, 6.45) is 5.70. The maximum absolute atomic E-state index is 12.1. The van der Waals surface area contributed by atoms with E-state index in [2.05, 4.69) is 44.5 Å². The van der Waals surface area contributed by atoms with Gasteiger partial charge in [0, 0.05) is 18.7 Å². The highest BCUT2D eigenvalue weighted by molar-refractivity contribution is 6.74. The first-order valence-electron chi connectivity index (χ1n) is 10.6. The third kappa shape index (κ3) is 8.96. The Balaban J connectivity index is 2.49. The molecular formula is C21H44N2O3Si. The van der Waals surface area contributed by atoms with Crippen molar-refractivity contribution in [3.8, 4) is 0 Å². The lowest BCUT2D eigenvalue weighted by molar-refractivity contribution is 0.0488. The minimum absolute atomic E-state index is 0.104. The van der Waals surface area contributed by atoms with Crippen molar-refractivity contribution in [3.05, 3.63) is 0 Å². The van der Waals surface area contributed by atoms with Crippen LogP contribution in [0, 0.1) is 5.92 Å². The summed E-state index contributed by atoms with van der Waals surface area (Å²) in [5, 5.41) is 6.50. The predicted octanol–water partition coefficient (Wildman–Crippen LogP) is 5.07. The monoisotopic (exact) mass is 400 g/mol. The number of alkyl carbamates (subject to hydrolysis) is 1. The lowest BCUT2D eigenvalue weighted by Crippen LogP contribution is -2.46. The van der Waals surface area contributed by atoms with Crippen LogP contribution in [0.3, 0.4) is 0 Å². The molecule has 160 valence electrons. The minimum Gasteiger partial charge on any atom is -0.444 e. The molecule has 1 atom stereocenters. The zero-order valence-electron chi connectivity index (χ0n) is 19.2. The molecule has 0 aromatic heterocycles. The first kappa shape index (κ1) is 24.4. The number of ether oxygens (including phenoxy) is 1. The van der Waals surface area contributed by atoms with Crippen LogP contribution >= 0.6 is 0 Å². The van der Waals surface area contributed by atoms with Crippen molar-refractivity contribution in [2.45, 2.75) is 110 Å². The van der Waals surface area contributed by atoms with Gasteiger partial charge >= 0.3 is 6.09 Å². The topological polar surface area (TPSA) is 59.6 Å². The van der Waals surface area contributed by atoms with Gasteiger partial charge in [0.25, 0.3) is 0 Å². The van der Waals surface area contributed by atoms with Crippen LogP contribution in [0.25, 0.3) is 0 Å². The molecule has 27 heavy (non-hydrogen) atoms. The predicted molar refractivity (Wildman–Crippen MR) is 116 cm³/mol. The van der Waals surface area contributed by atoms with E-state index in [1.165, 1.54) is 12.8 Å². The second-order valence-electron chi connectivity index (χ2n) is 10.7. The standard InChI is InChI=1S/C21H44N2O3Si/c1-20(2,3)25-19(24)23-17(15-22-7)14-16-10-12-18(13-11-16)26-27(8,9)21(4,5)6/h16-18,22H,10-15H2,1-9H3,(H,23,24)/t16?,17-,18?/m0/s1. The quantitative estimate of drug-likeness (QED) is 0.586. The van der Waals surface area contributed by atoms with Gasteiger partial charge in [-0.15, -0.1) is 0 Å². The Hall–Kier alpha value is -0.593. The average molecular weight is 401 g/mol. The number of hydrogen-bond donors (Lipinski definition) is 2. The van der Waals surface area contributed by atoms with Gasteiger partial charge in [-0.3, -0.25) is 0 Å². The van der Waals surface area contributed by atoms with Crippen molar-refractivity contribution in [1.82, 2.24) is 10.6 Å². The number of carbonyl (C=O) groups is 1. The van der Waals surface area contributed by atoms with Crippen molar-refractivity contribution in [3.63, 3.8) is 0 Å². The van der Waals surface area contributed by atoms with E-state index in [0.29, 0.717) is 12.0 Å². The number of amides is 1. The van der Waals surface area contributed by atoms with Crippen LogP contribution in [0.2, 0.25) is 18.1 Å². The van der Waals surface area contributed by atoms with E-state index in [-0.39, 0.29) is 17.2 Å². The average Bonchev–Trinajstić information content (AvgIpc) is 2.46. The molecule has 1 rings (SSSR count). The first-order chi connectivity index (χ1) is 12.2. The van der Waals surface area contributed by atoms with E-state index < -0.39 is 13.9 Å². The summed E-state index contributed by atoms with van der Waals surface area (Å²) in [5.41, 5.74) is -0.465. The van der Waals surface area contributed by atoms with Gasteiger partial charge in [-0.2, -0.15) is 0 Å². The summed E-state index contributed by atoms with van der Waals surface area (Å²) in [6, 6.07) is 0.104. The van der Waals surface area contributed by atoms with Crippen molar-refractivity contribution >= 4 is 14.4 Å². The second kappa shape index (κ2) is 9.75. The molecule has 0 aromatic rings. The molecule has 6 heteroatoms. The van der Waals surface area contributed by atoms with Gasteiger partial charge in [0.2, 0.25) is 0 Å². The normalized spacial score (nSPS) is 23.0. The molecule has 0 aromatic carbocycles. The van der Waals surface area contributed by atoms with E-state index in [4.69, 9.17) is 9.16 Å². The summed E-state index contributed by atoms with van der Waals surface area (Å²) < 4.78 is 12.0. The zero-order chi connectivity index (χ0) is 20.9. The molecule has 1 amide bonds. The van der Waals surface area contributed by atoms with Gasteiger partial charge < -0.3 is 19.8 Å². The van der Waals surface area contributed by atoms with Crippen LogP contribution in [-0.4, -0.2) is 45.7 Å². The number of likely N-dealkylation sites (N-methyl/N-ethyl adjacent to an activating group) is 1. The minimum atomic E-state index is -1.69. The third-order valence-corrected chi connectivity index (χ3v) is 10.4. The summed E-state index contributed by atoms with van der Waals surface area (Å²) in [4.78, 5) is 12.1. The van der Waals surface area contributed by atoms with Crippen LogP contribution in [0.1, 0.15) is 73.6 Å². The second-order valence-corrected chi connectivity index (χ2v) is 15.4. The van der Waals surface area contributed by atoms with Gasteiger partial charge in [0.15, 0.2) is 8.32 Å². The largest absolute Gasteiger partial charge is 0.444 e. The molecule has 0 spiro atoms. The van der Waals surface area contributed by atoms with E-state index >= 15 is 0 Å². The molecule has 1 saturated carbocycles. The zero-order valence-corrected chi connectivity index (χ0v) is 20.2. The molecule has 5 nitrogen and oxygen atoms in total. The summed E-state index contributed by atoms with van der Waals surface area (Å²) >= 11 is 0. The molecule has 1 fully saturated rings. The number of nitrogens with one attached hydrogen (secondary N) is 2. The van der Waals surface area contributed by atoms with Crippen molar-refractivity contribution in [2.24, 2.45) is 5.92 Å². The van der Waals surface area contributed by atoms with E-state index in [9.17, 15) is 4.79 Å². The Kier molecular flexibility index (Phi) is 8.82. The first-order valence-corrected chi connectivity index (χ1v) is 13.5. The highest BCUT2D eigenvalue weighted by atomic mass is 28.4. The van der Waals surface area contributed by atoms with Gasteiger partial charge in [-0.25, -0.2) is 4.79 Å². The van der Waals surface area contributed by atoms with Gasteiger partial charge in [-0.1, -0.05) is 20.8 Å². The fraction of sp³-hybridized carbons (Fsp3) is 0.952. The summed E-state index contributed by atoms with van der Waals surface area (Å²) in [7, 11) is 0.237. The molecule has 0 saturated heterocycles. The maximum atomic E-state index is 12.1.